The van der Waals surface area contributed by atoms with Gasteiger partial charge in [-0.2, -0.15) is 0 Å². The molecule has 0 aliphatic carbocycles. The summed E-state index contributed by atoms with van der Waals surface area (Å²) in [6.45, 7) is 10.00. The molecule has 2 nitrogen and oxygen atoms in total. The van der Waals surface area contributed by atoms with Gasteiger partial charge in [-0.1, -0.05) is 20.8 Å². The van der Waals surface area contributed by atoms with Gasteiger partial charge >= 0.3 is 0 Å². The predicted molar refractivity (Wildman–Crippen MR) is 60.5 cm³/mol. The topological polar surface area (TPSA) is 21.3 Å². The molecule has 1 aliphatic rings. The van der Waals surface area contributed by atoms with Crippen LogP contribution in [-0.4, -0.2) is 25.8 Å². The summed E-state index contributed by atoms with van der Waals surface area (Å²) >= 11 is 0. The fraction of sp³-hybridized carbons (Fsp3) is 1.00. The minimum Gasteiger partial charge on any atom is -0.378 e. The standard InChI is InChI=1S/C12H25NO/c1-4-12(3,10-13-5-2)9-11-7-6-8-14-11/h11,13H,4-10H2,1-3H3. The van der Waals surface area contributed by atoms with Crippen molar-refractivity contribution >= 4 is 0 Å². The van der Waals surface area contributed by atoms with E-state index in [1.165, 1.54) is 25.7 Å². The Morgan fingerprint density at radius 1 is 1.43 bits per heavy atom. The van der Waals surface area contributed by atoms with E-state index in [2.05, 4.69) is 26.1 Å². The highest BCUT2D eigenvalue weighted by Gasteiger charge is 2.28. The quantitative estimate of drug-likeness (QED) is 0.710. The van der Waals surface area contributed by atoms with Crippen LogP contribution in [0.4, 0.5) is 0 Å². The third-order valence-electron chi connectivity index (χ3n) is 3.40. The molecule has 1 heterocycles. The Bertz CT molecular complexity index is 154. The summed E-state index contributed by atoms with van der Waals surface area (Å²) in [6.07, 6.45) is 5.50. The van der Waals surface area contributed by atoms with Crippen LogP contribution in [0.2, 0.25) is 0 Å². The molecule has 0 amide bonds. The summed E-state index contributed by atoms with van der Waals surface area (Å²) in [6, 6.07) is 0. The number of ether oxygens (including phenoxy) is 1. The molecule has 2 atom stereocenters. The second kappa shape index (κ2) is 5.72. The zero-order chi connectivity index (χ0) is 10.4. The van der Waals surface area contributed by atoms with E-state index in [0.29, 0.717) is 11.5 Å². The van der Waals surface area contributed by atoms with Gasteiger partial charge in [0.05, 0.1) is 6.10 Å². The zero-order valence-corrected chi connectivity index (χ0v) is 9.94. The van der Waals surface area contributed by atoms with Gasteiger partial charge in [-0.3, -0.25) is 0 Å². The van der Waals surface area contributed by atoms with E-state index >= 15 is 0 Å². The monoisotopic (exact) mass is 199 g/mol. The van der Waals surface area contributed by atoms with Crippen molar-refractivity contribution in [3.63, 3.8) is 0 Å². The van der Waals surface area contributed by atoms with E-state index in [9.17, 15) is 0 Å². The van der Waals surface area contributed by atoms with Gasteiger partial charge in [-0.15, -0.1) is 0 Å². The van der Waals surface area contributed by atoms with E-state index in [-0.39, 0.29) is 0 Å². The molecule has 0 bridgehead atoms. The third kappa shape index (κ3) is 3.58. The van der Waals surface area contributed by atoms with Crippen LogP contribution < -0.4 is 5.32 Å². The van der Waals surface area contributed by atoms with Gasteiger partial charge in [0.1, 0.15) is 0 Å². The molecule has 0 spiro atoms. The highest BCUT2D eigenvalue weighted by atomic mass is 16.5. The Labute approximate surface area is 88.4 Å². The fourth-order valence-corrected chi connectivity index (χ4v) is 2.12. The molecule has 0 radical (unpaired) electrons. The van der Waals surface area contributed by atoms with Gasteiger partial charge in [0, 0.05) is 13.2 Å². The summed E-state index contributed by atoms with van der Waals surface area (Å²) in [5, 5.41) is 3.46. The van der Waals surface area contributed by atoms with Crippen molar-refractivity contribution in [2.24, 2.45) is 5.41 Å². The highest BCUT2D eigenvalue weighted by molar-refractivity contribution is 4.80. The van der Waals surface area contributed by atoms with E-state index < -0.39 is 0 Å². The first kappa shape index (κ1) is 12.0. The molecule has 0 aromatic carbocycles. The van der Waals surface area contributed by atoms with Gasteiger partial charge in [-0.25, -0.2) is 0 Å². The smallest absolute Gasteiger partial charge is 0.0581 e. The van der Waals surface area contributed by atoms with Crippen molar-refractivity contribution in [3.05, 3.63) is 0 Å². The molecule has 0 saturated carbocycles. The van der Waals surface area contributed by atoms with Crippen LogP contribution in [0.3, 0.4) is 0 Å². The maximum atomic E-state index is 5.70. The first-order valence-corrected chi connectivity index (χ1v) is 6.02. The molecule has 2 heteroatoms. The summed E-state index contributed by atoms with van der Waals surface area (Å²) in [5.74, 6) is 0. The first-order valence-electron chi connectivity index (χ1n) is 6.02. The molecule has 1 fully saturated rings. The maximum absolute atomic E-state index is 5.70. The molecular weight excluding hydrogens is 174 g/mol. The van der Waals surface area contributed by atoms with Crippen LogP contribution in [0.15, 0.2) is 0 Å². The van der Waals surface area contributed by atoms with Crippen molar-refractivity contribution in [1.29, 1.82) is 0 Å². The summed E-state index contributed by atoms with van der Waals surface area (Å²) in [5.41, 5.74) is 0.422. The largest absolute Gasteiger partial charge is 0.378 e. The van der Waals surface area contributed by atoms with E-state index in [1.54, 1.807) is 0 Å². The van der Waals surface area contributed by atoms with E-state index in [0.717, 1.165) is 19.7 Å². The lowest BCUT2D eigenvalue weighted by atomic mass is 9.81. The van der Waals surface area contributed by atoms with Crippen molar-refractivity contribution in [2.75, 3.05) is 19.7 Å². The lowest BCUT2D eigenvalue weighted by Crippen LogP contribution is -2.34. The van der Waals surface area contributed by atoms with Crippen molar-refractivity contribution in [3.8, 4) is 0 Å². The molecule has 1 rings (SSSR count). The Kier molecular flexibility index (Phi) is 4.90. The van der Waals surface area contributed by atoms with E-state index in [1.807, 2.05) is 0 Å². The summed E-state index contributed by atoms with van der Waals surface area (Å²) in [7, 11) is 0. The molecule has 0 aromatic rings. The number of rotatable bonds is 6. The van der Waals surface area contributed by atoms with Crippen LogP contribution in [0.1, 0.15) is 46.5 Å². The minimum absolute atomic E-state index is 0.422. The normalized spacial score (nSPS) is 26.4. The fourth-order valence-electron chi connectivity index (χ4n) is 2.12. The lowest BCUT2D eigenvalue weighted by molar-refractivity contribution is 0.0645. The lowest BCUT2D eigenvalue weighted by Gasteiger charge is -2.31. The average Bonchev–Trinajstić information content (AvgIpc) is 2.67. The number of nitrogens with one attached hydrogen (secondary N) is 1. The Balaban J connectivity index is 2.34. The summed E-state index contributed by atoms with van der Waals surface area (Å²) in [4.78, 5) is 0. The van der Waals surface area contributed by atoms with Gasteiger partial charge < -0.3 is 10.1 Å². The second-order valence-corrected chi connectivity index (χ2v) is 4.78. The average molecular weight is 199 g/mol. The Hall–Kier alpha value is -0.0800. The predicted octanol–water partition coefficient (Wildman–Crippen LogP) is 2.58. The number of hydrogen-bond donors (Lipinski definition) is 1. The number of hydrogen-bond acceptors (Lipinski definition) is 2. The zero-order valence-electron chi connectivity index (χ0n) is 9.94. The molecular formula is C12H25NO. The molecule has 84 valence electrons. The molecule has 1 saturated heterocycles. The van der Waals surface area contributed by atoms with Crippen LogP contribution in [-0.2, 0) is 4.74 Å². The first-order chi connectivity index (χ1) is 6.70. The SMILES string of the molecule is CCNCC(C)(CC)CC1CCCO1. The van der Waals surface area contributed by atoms with Crippen LogP contribution >= 0.6 is 0 Å². The Morgan fingerprint density at radius 3 is 2.71 bits per heavy atom. The molecule has 0 aromatic heterocycles. The second-order valence-electron chi connectivity index (χ2n) is 4.78. The van der Waals surface area contributed by atoms with Crippen molar-refractivity contribution in [1.82, 2.24) is 5.32 Å². The van der Waals surface area contributed by atoms with Crippen molar-refractivity contribution < 1.29 is 4.74 Å². The molecule has 14 heavy (non-hydrogen) atoms. The third-order valence-corrected chi connectivity index (χ3v) is 3.40. The van der Waals surface area contributed by atoms with Gasteiger partial charge in [0.25, 0.3) is 0 Å². The van der Waals surface area contributed by atoms with E-state index in [4.69, 9.17) is 4.74 Å². The molecule has 1 N–H and O–H groups in total. The van der Waals surface area contributed by atoms with Gasteiger partial charge in [-0.05, 0) is 37.6 Å². The molecule has 2 unspecified atom stereocenters. The highest BCUT2D eigenvalue weighted by Crippen LogP contribution is 2.31. The minimum atomic E-state index is 0.422. The molecule has 1 aliphatic heterocycles. The summed E-state index contributed by atoms with van der Waals surface area (Å²) < 4.78 is 5.70. The van der Waals surface area contributed by atoms with Crippen molar-refractivity contribution in [2.45, 2.75) is 52.6 Å². The van der Waals surface area contributed by atoms with Gasteiger partial charge in [0.15, 0.2) is 0 Å². The van der Waals surface area contributed by atoms with Gasteiger partial charge in [0.2, 0.25) is 0 Å². The van der Waals surface area contributed by atoms with Crippen LogP contribution in [0.25, 0.3) is 0 Å². The Morgan fingerprint density at radius 2 is 2.21 bits per heavy atom. The van der Waals surface area contributed by atoms with Crippen LogP contribution in [0, 0.1) is 5.41 Å². The maximum Gasteiger partial charge on any atom is 0.0581 e. The van der Waals surface area contributed by atoms with Crippen LogP contribution in [0.5, 0.6) is 0 Å².